The Balaban J connectivity index is 1.67. The van der Waals surface area contributed by atoms with Crippen LogP contribution in [0.1, 0.15) is 92.9 Å². The van der Waals surface area contributed by atoms with Crippen LogP contribution in [0.2, 0.25) is 0 Å². The highest BCUT2D eigenvalue weighted by atomic mass is 16.4. The fraction of sp³-hybridized carbons (Fsp3) is 0.900. The van der Waals surface area contributed by atoms with Crippen molar-refractivity contribution < 1.29 is 30.3 Å². The number of aliphatic hydroxyl groups is 4. The van der Waals surface area contributed by atoms with Crippen molar-refractivity contribution in [2.24, 2.45) is 50.7 Å². The van der Waals surface area contributed by atoms with Crippen LogP contribution in [-0.4, -0.2) is 55.9 Å². The van der Waals surface area contributed by atoms with E-state index in [-0.39, 0.29) is 28.6 Å². The van der Waals surface area contributed by atoms with Crippen LogP contribution in [0, 0.1) is 50.7 Å². The Morgan fingerprint density at radius 1 is 0.972 bits per heavy atom. The van der Waals surface area contributed by atoms with Gasteiger partial charge < -0.3 is 25.5 Å². The van der Waals surface area contributed by atoms with Crippen LogP contribution in [0.3, 0.4) is 0 Å². The van der Waals surface area contributed by atoms with Gasteiger partial charge in [-0.15, -0.1) is 0 Å². The Labute approximate surface area is 216 Å². The maximum absolute atomic E-state index is 12.8. The van der Waals surface area contributed by atoms with Crippen LogP contribution in [0.5, 0.6) is 0 Å². The molecular formula is C30H48O6. The number of hydrogen-bond donors (Lipinski definition) is 5. The van der Waals surface area contributed by atoms with E-state index in [1.54, 1.807) is 6.92 Å². The zero-order valence-corrected chi connectivity index (χ0v) is 23.0. The third-order valence-corrected chi connectivity index (χ3v) is 13.7. The molecule has 0 spiro atoms. The number of carbonyl (C=O) groups is 1. The van der Waals surface area contributed by atoms with Crippen molar-refractivity contribution in [2.75, 3.05) is 6.61 Å². The Hall–Kier alpha value is -0.950. The van der Waals surface area contributed by atoms with E-state index in [9.17, 15) is 30.3 Å². The molecule has 36 heavy (non-hydrogen) atoms. The summed E-state index contributed by atoms with van der Waals surface area (Å²) in [6.07, 6.45) is 5.55. The van der Waals surface area contributed by atoms with E-state index in [0.29, 0.717) is 31.6 Å². The van der Waals surface area contributed by atoms with Gasteiger partial charge in [0.25, 0.3) is 0 Å². The largest absolute Gasteiger partial charge is 0.481 e. The first kappa shape index (κ1) is 26.6. The molecule has 0 saturated heterocycles. The quantitative estimate of drug-likeness (QED) is 0.361. The number of carboxylic acid groups (broad SMARTS) is 1. The Morgan fingerprint density at radius 2 is 1.64 bits per heavy atom. The van der Waals surface area contributed by atoms with Crippen LogP contribution in [0.4, 0.5) is 0 Å². The molecule has 0 aromatic carbocycles. The molecule has 6 nitrogen and oxygen atoms in total. The van der Waals surface area contributed by atoms with Gasteiger partial charge in [-0.1, -0.05) is 53.2 Å². The van der Waals surface area contributed by atoms with E-state index in [2.05, 4.69) is 40.7 Å². The summed E-state index contributed by atoms with van der Waals surface area (Å²) in [6, 6.07) is 0. The lowest BCUT2D eigenvalue weighted by Crippen LogP contribution is -2.79. The lowest BCUT2D eigenvalue weighted by Gasteiger charge is -2.74. The zero-order valence-electron chi connectivity index (χ0n) is 23.0. The Morgan fingerprint density at radius 3 is 2.25 bits per heavy atom. The van der Waals surface area contributed by atoms with Crippen LogP contribution in [-0.2, 0) is 4.79 Å². The molecular weight excluding hydrogens is 456 g/mol. The standard InChI is InChI=1S/C30H48O6/c1-17-9-12-29(24(34)35)14-13-25(3)19(23(29)18(17)2)7-8-20-26(4)11-10-21(32)28(6,16-31)30(26,36)22(33)15-27(20,25)5/h7,17-18,20-23,31-33,36H,8-16H2,1-6H3,(H,34,35)/t17-,18+,20-,21-,22+,23-,25-,26-,27-,28+,29+,30+/m1/s1. The molecule has 5 rings (SSSR count). The van der Waals surface area contributed by atoms with E-state index >= 15 is 0 Å². The molecule has 4 fully saturated rings. The fourth-order valence-electron chi connectivity index (χ4n) is 10.9. The molecule has 5 aliphatic carbocycles. The summed E-state index contributed by atoms with van der Waals surface area (Å²) in [5, 5.41) is 56.0. The maximum Gasteiger partial charge on any atom is 0.310 e. The molecule has 0 aliphatic heterocycles. The topological polar surface area (TPSA) is 118 Å². The number of aliphatic hydroxyl groups excluding tert-OH is 3. The molecule has 0 amide bonds. The van der Waals surface area contributed by atoms with Crippen molar-refractivity contribution in [1.82, 2.24) is 0 Å². The number of carboxylic acids is 1. The first-order valence-electron chi connectivity index (χ1n) is 14.2. The smallest absolute Gasteiger partial charge is 0.310 e. The second-order valence-electron chi connectivity index (χ2n) is 14.5. The minimum atomic E-state index is -1.62. The molecule has 5 aliphatic rings. The molecule has 0 radical (unpaired) electrons. The van der Waals surface area contributed by atoms with E-state index in [4.69, 9.17) is 0 Å². The minimum Gasteiger partial charge on any atom is -0.481 e. The molecule has 5 N–H and O–H groups in total. The summed E-state index contributed by atoms with van der Waals surface area (Å²) < 4.78 is 0. The highest BCUT2D eigenvalue weighted by Crippen LogP contribution is 2.76. The van der Waals surface area contributed by atoms with Crippen molar-refractivity contribution in [3.8, 4) is 0 Å². The summed E-state index contributed by atoms with van der Waals surface area (Å²) in [6.45, 7) is 12.5. The molecule has 0 unspecified atom stereocenters. The Bertz CT molecular complexity index is 978. The molecule has 0 aromatic heterocycles. The van der Waals surface area contributed by atoms with Gasteiger partial charge in [0, 0.05) is 10.8 Å². The first-order chi connectivity index (χ1) is 16.6. The molecule has 0 bridgehead atoms. The summed E-state index contributed by atoms with van der Waals surface area (Å²) >= 11 is 0. The molecule has 0 aromatic rings. The maximum atomic E-state index is 12.8. The van der Waals surface area contributed by atoms with E-state index in [1.165, 1.54) is 5.57 Å². The Kier molecular flexibility index (Phi) is 5.77. The van der Waals surface area contributed by atoms with Crippen molar-refractivity contribution in [1.29, 1.82) is 0 Å². The van der Waals surface area contributed by atoms with Crippen LogP contribution >= 0.6 is 0 Å². The first-order valence-corrected chi connectivity index (χ1v) is 14.2. The number of aliphatic carboxylic acids is 1. The molecule has 6 heteroatoms. The normalized spacial score (nSPS) is 58.6. The van der Waals surface area contributed by atoms with Crippen LogP contribution < -0.4 is 0 Å². The van der Waals surface area contributed by atoms with Gasteiger partial charge in [-0.25, -0.2) is 0 Å². The SMILES string of the molecule is C[C@H]1[C@H](C)CC[C@]2(C(=O)O)CC[C@]3(C)C(=CC[C@@H]4[C@@]5(C)CC[C@@H](O)[C@](C)(CO)[C@]5(O)[C@@H](O)C[C@]43C)[C@@H]12. The number of rotatable bonds is 2. The molecule has 12 atom stereocenters. The van der Waals surface area contributed by atoms with Gasteiger partial charge in [0.2, 0.25) is 0 Å². The monoisotopic (exact) mass is 504 g/mol. The highest BCUT2D eigenvalue weighted by molar-refractivity contribution is 5.76. The average molecular weight is 505 g/mol. The van der Waals surface area contributed by atoms with Gasteiger partial charge in [0.05, 0.1) is 24.2 Å². The van der Waals surface area contributed by atoms with Gasteiger partial charge >= 0.3 is 5.97 Å². The van der Waals surface area contributed by atoms with Crippen molar-refractivity contribution in [3.63, 3.8) is 0 Å². The lowest BCUT2D eigenvalue weighted by molar-refractivity contribution is -0.338. The van der Waals surface area contributed by atoms with Gasteiger partial charge in [-0.05, 0) is 85.9 Å². The molecule has 204 valence electrons. The number of fused-ring (bicyclic) bond motifs is 7. The fourth-order valence-corrected chi connectivity index (χ4v) is 10.9. The van der Waals surface area contributed by atoms with Crippen molar-refractivity contribution >= 4 is 5.97 Å². The van der Waals surface area contributed by atoms with Gasteiger partial charge in [0.15, 0.2) is 0 Å². The molecule has 0 heterocycles. The number of allylic oxidation sites excluding steroid dienone is 2. The third kappa shape index (κ3) is 2.70. The van der Waals surface area contributed by atoms with E-state index in [1.807, 2.05) is 0 Å². The number of hydrogen-bond acceptors (Lipinski definition) is 5. The van der Waals surface area contributed by atoms with Gasteiger partial charge in [-0.2, -0.15) is 0 Å². The predicted molar refractivity (Wildman–Crippen MR) is 137 cm³/mol. The van der Waals surface area contributed by atoms with E-state index in [0.717, 1.165) is 25.7 Å². The summed E-state index contributed by atoms with van der Waals surface area (Å²) in [5.41, 5.74) is -3.62. The lowest BCUT2D eigenvalue weighted by atomic mass is 9.31. The van der Waals surface area contributed by atoms with Crippen molar-refractivity contribution in [3.05, 3.63) is 11.6 Å². The average Bonchev–Trinajstić information content (AvgIpc) is 2.82. The van der Waals surface area contributed by atoms with Crippen LogP contribution in [0.25, 0.3) is 0 Å². The van der Waals surface area contributed by atoms with Crippen LogP contribution in [0.15, 0.2) is 11.6 Å². The second-order valence-corrected chi connectivity index (χ2v) is 14.5. The van der Waals surface area contributed by atoms with Gasteiger partial charge in [-0.3, -0.25) is 4.79 Å². The van der Waals surface area contributed by atoms with Crippen molar-refractivity contribution in [2.45, 2.75) is 111 Å². The van der Waals surface area contributed by atoms with Gasteiger partial charge in [0.1, 0.15) is 5.60 Å². The zero-order chi connectivity index (χ0) is 26.7. The minimum absolute atomic E-state index is 0.0167. The third-order valence-electron chi connectivity index (χ3n) is 13.7. The summed E-state index contributed by atoms with van der Waals surface area (Å²) in [7, 11) is 0. The predicted octanol–water partition coefficient (Wildman–Crippen LogP) is 4.15. The summed E-state index contributed by atoms with van der Waals surface area (Å²) in [4.78, 5) is 12.8. The van der Waals surface area contributed by atoms with E-state index < -0.39 is 46.6 Å². The molecule has 4 saturated carbocycles. The highest BCUT2D eigenvalue weighted by Gasteiger charge is 2.77. The second kappa shape index (κ2) is 7.80. The summed E-state index contributed by atoms with van der Waals surface area (Å²) in [5.74, 6) is 0.0906.